The highest BCUT2D eigenvalue weighted by Crippen LogP contribution is 2.26. The van der Waals surface area contributed by atoms with Crippen molar-refractivity contribution in [3.63, 3.8) is 0 Å². The Morgan fingerprint density at radius 1 is 0.760 bits per heavy atom. The minimum atomic E-state index is -0.697. The van der Waals surface area contributed by atoms with Crippen molar-refractivity contribution in [2.45, 2.75) is 18.6 Å². The van der Waals surface area contributed by atoms with E-state index in [0.29, 0.717) is 6.42 Å². The van der Waals surface area contributed by atoms with Gasteiger partial charge in [-0.25, -0.2) is 0 Å². The van der Waals surface area contributed by atoms with Crippen LogP contribution in [0.1, 0.15) is 22.8 Å². The number of hydrogen-bond acceptors (Lipinski definition) is 3. The number of carbonyl (C=O) groups is 1. The van der Waals surface area contributed by atoms with Crippen molar-refractivity contribution >= 4 is 5.97 Å². The first-order valence-electron chi connectivity index (χ1n) is 8.34. The lowest BCUT2D eigenvalue weighted by atomic mass is 10.0. The quantitative estimate of drug-likeness (QED) is 0.697. The fourth-order valence-corrected chi connectivity index (χ4v) is 2.74. The Bertz CT molecular complexity index is 749. The second-order valence-electron chi connectivity index (χ2n) is 5.93. The lowest BCUT2D eigenvalue weighted by molar-refractivity contribution is -0.149. The fourth-order valence-electron chi connectivity index (χ4n) is 2.74. The molecule has 0 aromatic heterocycles. The van der Waals surface area contributed by atoms with Gasteiger partial charge in [-0.15, -0.1) is 0 Å². The third kappa shape index (κ3) is 4.55. The average Bonchev–Trinajstić information content (AvgIpc) is 2.68. The molecule has 0 amide bonds. The fraction of sp³-hybridized carbons (Fsp3) is 0.136. The molecule has 0 saturated carbocycles. The van der Waals surface area contributed by atoms with Gasteiger partial charge in [-0.2, -0.15) is 0 Å². The van der Waals surface area contributed by atoms with Gasteiger partial charge in [-0.3, -0.25) is 4.79 Å². The van der Waals surface area contributed by atoms with E-state index in [-0.39, 0.29) is 0 Å². The molecule has 25 heavy (non-hydrogen) atoms. The molecule has 3 nitrogen and oxygen atoms in total. The number of esters is 1. The van der Waals surface area contributed by atoms with E-state index in [9.17, 15) is 4.79 Å². The van der Waals surface area contributed by atoms with Crippen LogP contribution in [0.4, 0.5) is 0 Å². The number of benzene rings is 3. The third-order valence-corrected chi connectivity index (χ3v) is 4.04. The van der Waals surface area contributed by atoms with E-state index in [2.05, 4.69) is 0 Å². The topological polar surface area (TPSA) is 52.3 Å². The molecule has 0 aliphatic carbocycles. The lowest BCUT2D eigenvalue weighted by Gasteiger charge is -2.21. The highest BCUT2D eigenvalue weighted by Gasteiger charge is 2.23. The summed E-state index contributed by atoms with van der Waals surface area (Å²) in [4.78, 5) is 12.6. The van der Waals surface area contributed by atoms with Crippen LogP contribution in [-0.2, 0) is 16.0 Å². The maximum absolute atomic E-state index is 12.6. The van der Waals surface area contributed by atoms with Crippen molar-refractivity contribution in [1.82, 2.24) is 0 Å². The van der Waals surface area contributed by atoms with Crippen LogP contribution in [0, 0.1) is 0 Å². The Morgan fingerprint density at radius 2 is 1.20 bits per heavy atom. The molecular formula is C22H21NO2. The predicted octanol–water partition coefficient (Wildman–Crippen LogP) is 3.89. The van der Waals surface area contributed by atoms with E-state index in [1.807, 2.05) is 91.0 Å². The Hall–Kier alpha value is -2.91. The second-order valence-corrected chi connectivity index (χ2v) is 5.93. The number of ether oxygens (including phenoxy) is 1. The molecule has 3 rings (SSSR count). The number of carbonyl (C=O) groups excluding carboxylic acids is 1. The van der Waals surface area contributed by atoms with E-state index in [1.165, 1.54) is 0 Å². The largest absolute Gasteiger partial charge is 0.451 e. The molecule has 0 aliphatic rings. The maximum atomic E-state index is 12.6. The summed E-state index contributed by atoms with van der Waals surface area (Å²) in [5, 5.41) is 0. The average molecular weight is 331 g/mol. The van der Waals surface area contributed by atoms with E-state index < -0.39 is 18.1 Å². The van der Waals surface area contributed by atoms with E-state index in [0.717, 1.165) is 16.7 Å². The summed E-state index contributed by atoms with van der Waals surface area (Å²) in [7, 11) is 0. The van der Waals surface area contributed by atoms with Gasteiger partial charge in [-0.1, -0.05) is 91.0 Å². The van der Waals surface area contributed by atoms with Crippen molar-refractivity contribution in [2.24, 2.45) is 5.73 Å². The first kappa shape index (κ1) is 16.9. The molecule has 2 N–H and O–H groups in total. The van der Waals surface area contributed by atoms with Crippen molar-refractivity contribution in [3.8, 4) is 0 Å². The van der Waals surface area contributed by atoms with Crippen molar-refractivity contribution in [3.05, 3.63) is 108 Å². The highest BCUT2D eigenvalue weighted by atomic mass is 16.5. The van der Waals surface area contributed by atoms with Gasteiger partial charge in [0.1, 0.15) is 6.04 Å². The van der Waals surface area contributed by atoms with Crippen molar-refractivity contribution in [2.75, 3.05) is 0 Å². The molecule has 3 heteroatoms. The maximum Gasteiger partial charge on any atom is 0.324 e. The highest BCUT2D eigenvalue weighted by molar-refractivity contribution is 5.76. The lowest BCUT2D eigenvalue weighted by Crippen LogP contribution is -2.35. The van der Waals surface area contributed by atoms with Gasteiger partial charge < -0.3 is 10.5 Å². The van der Waals surface area contributed by atoms with Crippen LogP contribution in [-0.4, -0.2) is 12.0 Å². The third-order valence-electron chi connectivity index (χ3n) is 4.04. The van der Waals surface area contributed by atoms with Gasteiger partial charge in [0, 0.05) is 0 Å². The Kier molecular flexibility index (Phi) is 5.60. The summed E-state index contributed by atoms with van der Waals surface area (Å²) in [6.45, 7) is 0. The van der Waals surface area contributed by atoms with Crippen LogP contribution in [0.15, 0.2) is 91.0 Å². The first-order valence-corrected chi connectivity index (χ1v) is 8.34. The SMILES string of the molecule is N[C@@H](Cc1ccccc1)C(=O)OC(c1ccccc1)c1ccccc1. The zero-order valence-electron chi connectivity index (χ0n) is 13.9. The molecule has 0 aliphatic heterocycles. The molecule has 0 heterocycles. The number of rotatable bonds is 6. The smallest absolute Gasteiger partial charge is 0.324 e. The molecule has 3 aromatic carbocycles. The van der Waals surface area contributed by atoms with Gasteiger partial charge in [0.15, 0.2) is 6.10 Å². The summed E-state index contributed by atoms with van der Waals surface area (Å²) in [5.74, 6) is -0.401. The molecule has 0 saturated heterocycles. The monoisotopic (exact) mass is 331 g/mol. The summed E-state index contributed by atoms with van der Waals surface area (Å²) in [6, 6.07) is 28.4. The van der Waals surface area contributed by atoms with Gasteiger partial charge in [0.2, 0.25) is 0 Å². The first-order chi connectivity index (χ1) is 12.2. The summed E-state index contributed by atoms with van der Waals surface area (Å²) in [5.41, 5.74) is 8.95. The summed E-state index contributed by atoms with van der Waals surface area (Å²) < 4.78 is 5.79. The van der Waals surface area contributed by atoms with Crippen molar-refractivity contribution in [1.29, 1.82) is 0 Å². The molecule has 3 aromatic rings. The molecule has 0 unspecified atom stereocenters. The number of nitrogens with two attached hydrogens (primary N) is 1. The summed E-state index contributed by atoms with van der Waals surface area (Å²) in [6.07, 6.45) is -0.00703. The number of hydrogen-bond donors (Lipinski definition) is 1. The zero-order valence-corrected chi connectivity index (χ0v) is 13.9. The van der Waals surface area contributed by atoms with Gasteiger partial charge in [0.25, 0.3) is 0 Å². The molecular weight excluding hydrogens is 310 g/mol. The summed E-state index contributed by atoms with van der Waals surface area (Å²) >= 11 is 0. The molecule has 0 spiro atoms. The molecule has 0 fully saturated rings. The molecule has 1 atom stereocenters. The van der Waals surface area contributed by atoms with Crippen LogP contribution < -0.4 is 5.73 Å². The van der Waals surface area contributed by atoms with Gasteiger partial charge in [-0.05, 0) is 23.1 Å². The zero-order chi connectivity index (χ0) is 17.5. The van der Waals surface area contributed by atoms with Crippen molar-refractivity contribution < 1.29 is 9.53 Å². The van der Waals surface area contributed by atoms with Gasteiger partial charge >= 0.3 is 5.97 Å². The van der Waals surface area contributed by atoms with E-state index >= 15 is 0 Å². The van der Waals surface area contributed by atoms with Crippen LogP contribution in [0.25, 0.3) is 0 Å². The van der Waals surface area contributed by atoms with E-state index in [4.69, 9.17) is 10.5 Å². The van der Waals surface area contributed by atoms with Gasteiger partial charge in [0.05, 0.1) is 0 Å². The Labute approximate surface area is 148 Å². The second kappa shape index (κ2) is 8.27. The molecule has 0 bridgehead atoms. The Balaban J connectivity index is 1.77. The minimum absolute atomic E-state index is 0.401. The molecule has 126 valence electrons. The Morgan fingerprint density at radius 3 is 1.68 bits per heavy atom. The van der Waals surface area contributed by atoms with Crippen LogP contribution in [0.3, 0.4) is 0 Å². The van der Waals surface area contributed by atoms with Crippen LogP contribution >= 0.6 is 0 Å². The predicted molar refractivity (Wildman–Crippen MR) is 98.9 cm³/mol. The van der Waals surface area contributed by atoms with Crippen LogP contribution in [0.5, 0.6) is 0 Å². The normalized spacial score (nSPS) is 11.9. The molecule has 0 radical (unpaired) electrons. The standard InChI is InChI=1S/C22H21NO2/c23-20(16-17-10-4-1-5-11-17)22(24)25-21(18-12-6-2-7-13-18)19-14-8-3-9-15-19/h1-15,20-21H,16,23H2/t20-/m0/s1. The van der Waals surface area contributed by atoms with E-state index in [1.54, 1.807) is 0 Å². The minimum Gasteiger partial charge on any atom is -0.451 e. The van der Waals surface area contributed by atoms with Crippen LogP contribution in [0.2, 0.25) is 0 Å².